The van der Waals surface area contributed by atoms with E-state index >= 15 is 0 Å². The monoisotopic (exact) mass is 629 g/mol. The molecule has 0 N–H and O–H groups in total. The van der Waals surface area contributed by atoms with Crippen LogP contribution in [0.2, 0.25) is 41.3 Å². The Bertz CT molecular complexity index is 1470. The normalized spacial score (nSPS) is 14.4. The van der Waals surface area contributed by atoms with E-state index in [0.717, 1.165) is 11.1 Å². The van der Waals surface area contributed by atoms with Crippen molar-refractivity contribution in [1.82, 2.24) is 10.2 Å². The van der Waals surface area contributed by atoms with Gasteiger partial charge in [0.15, 0.2) is 14.1 Å². The van der Waals surface area contributed by atoms with Gasteiger partial charge in [0.1, 0.15) is 5.75 Å². The Hall–Kier alpha value is -2.52. The standard InChI is InChI=1S/C32H45ClFN3O3Si2/c1-20-22(15-17-26(35-9)28(20)33)18-24(21(2)39-41(10,11)31(3,4)5)30-37-36-29(38-30)23-14-16-25(34)27(19-23)40-42(12,13)32(6,7)8/h14-17,19,21,24H,18H2,1-8,10-13H3/t21-,24?/m0/s1. The molecule has 1 unspecified atom stereocenters. The van der Waals surface area contributed by atoms with Gasteiger partial charge in [0.2, 0.25) is 17.5 Å². The second kappa shape index (κ2) is 12.2. The van der Waals surface area contributed by atoms with E-state index in [9.17, 15) is 4.39 Å². The third-order valence-electron chi connectivity index (χ3n) is 9.00. The Morgan fingerprint density at radius 1 is 1.00 bits per heavy atom. The molecule has 1 heterocycles. The Kier molecular flexibility index (Phi) is 9.90. The fraction of sp³-hybridized carbons (Fsp3) is 0.531. The van der Waals surface area contributed by atoms with Gasteiger partial charge < -0.3 is 13.3 Å². The summed E-state index contributed by atoms with van der Waals surface area (Å²) >= 11 is 6.53. The van der Waals surface area contributed by atoms with E-state index in [1.54, 1.807) is 18.2 Å². The summed E-state index contributed by atoms with van der Waals surface area (Å²) in [6, 6.07) is 8.33. The second-order valence-corrected chi connectivity index (χ2v) is 24.0. The predicted octanol–water partition coefficient (Wildman–Crippen LogP) is 10.5. The zero-order valence-electron chi connectivity index (χ0n) is 27.1. The first-order valence-corrected chi connectivity index (χ1v) is 20.5. The van der Waals surface area contributed by atoms with Crippen molar-refractivity contribution in [2.24, 2.45) is 0 Å². The smallest absolute Gasteiger partial charge is 0.250 e. The van der Waals surface area contributed by atoms with Gasteiger partial charge in [0, 0.05) is 5.56 Å². The third kappa shape index (κ3) is 7.33. The summed E-state index contributed by atoms with van der Waals surface area (Å²) in [6.45, 7) is 32.9. The highest BCUT2D eigenvalue weighted by molar-refractivity contribution is 6.75. The topological polar surface area (TPSA) is 61.7 Å². The number of hydrogen-bond acceptors (Lipinski definition) is 5. The highest BCUT2D eigenvalue weighted by Gasteiger charge is 2.41. The predicted molar refractivity (Wildman–Crippen MR) is 174 cm³/mol. The SMILES string of the molecule is [C-]#[N+]c1ccc(CC(c2nnc(-c3ccc(F)c(O[Si](C)(C)C(C)(C)C)c3)o2)[C@H](C)O[Si](C)(C)C(C)(C)C)c(C)c1Cl. The number of rotatable bonds is 9. The lowest BCUT2D eigenvalue weighted by Crippen LogP contribution is -2.44. The van der Waals surface area contributed by atoms with Gasteiger partial charge in [-0.2, -0.15) is 0 Å². The first kappa shape index (κ1) is 34.0. The highest BCUT2D eigenvalue weighted by Crippen LogP contribution is 2.42. The summed E-state index contributed by atoms with van der Waals surface area (Å²) in [5.74, 6) is 0.199. The largest absolute Gasteiger partial charge is 0.542 e. The minimum absolute atomic E-state index is 0.0109. The lowest BCUT2D eigenvalue weighted by atomic mass is 9.92. The van der Waals surface area contributed by atoms with Crippen molar-refractivity contribution in [3.05, 3.63) is 69.6 Å². The summed E-state index contributed by atoms with van der Waals surface area (Å²) < 4.78 is 34.2. The van der Waals surface area contributed by atoms with E-state index < -0.39 is 22.5 Å². The van der Waals surface area contributed by atoms with Crippen LogP contribution >= 0.6 is 11.6 Å². The number of benzene rings is 2. The summed E-state index contributed by atoms with van der Waals surface area (Å²) in [5.41, 5.74) is 2.84. The van der Waals surface area contributed by atoms with Gasteiger partial charge in [-0.3, -0.25) is 0 Å². The molecule has 2 atom stereocenters. The molecule has 0 bridgehead atoms. The van der Waals surface area contributed by atoms with Gasteiger partial charge in [0.05, 0.1) is 23.6 Å². The summed E-state index contributed by atoms with van der Waals surface area (Å²) in [4.78, 5) is 3.53. The Labute approximate surface area is 258 Å². The molecule has 228 valence electrons. The summed E-state index contributed by atoms with van der Waals surface area (Å²) in [6.07, 6.45) is 0.285. The van der Waals surface area contributed by atoms with Crippen molar-refractivity contribution in [1.29, 1.82) is 0 Å². The molecule has 0 saturated heterocycles. The molecule has 6 nitrogen and oxygen atoms in total. The minimum atomic E-state index is -2.28. The van der Waals surface area contributed by atoms with Crippen LogP contribution in [0, 0.1) is 19.3 Å². The quantitative estimate of drug-likeness (QED) is 0.174. The highest BCUT2D eigenvalue weighted by atomic mass is 35.5. The number of hydrogen-bond donors (Lipinski definition) is 0. The van der Waals surface area contributed by atoms with Gasteiger partial charge in [-0.15, -0.1) is 10.2 Å². The van der Waals surface area contributed by atoms with E-state index in [1.165, 1.54) is 6.07 Å². The molecule has 0 fully saturated rings. The lowest BCUT2D eigenvalue weighted by Gasteiger charge is -2.40. The minimum Gasteiger partial charge on any atom is -0.542 e. The van der Waals surface area contributed by atoms with Crippen LogP contribution in [-0.4, -0.2) is 32.9 Å². The zero-order chi connectivity index (χ0) is 31.8. The van der Waals surface area contributed by atoms with Gasteiger partial charge in [-0.1, -0.05) is 65.3 Å². The van der Waals surface area contributed by atoms with Crippen molar-refractivity contribution in [2.45, 2.75) is 110 Å². The summed E-state index contributed by atoms with van der Waals surface area (Å²) in [5, 5.41) is 9.20. The van der Waals surface area contributed by atoms with E-state index in [-0.39, 0.29) is 33.7 Å². The molecule has 0 aliphatic rings. The average molecular weight is 630 g/mol. The molecule has 0 aliphatic heterocycles. The van der Waals surface area contributed by atoms with Gasteiger partial charge in [0.25, 0.3) is 8.32 Å². The molecular weight excluding hydrogens is 585 g/mol. The molecule has 0 amide bonds. The second-order valence-electron chi connectivity index (χ2n) is 14.1. The number of halogens is 2. The van der Waals surface area contributed by atoms with Crippen LogP contribution in [0.3, 0.4) is 0 Å². The maximum atomic E-state index is 14.9. The third-order valence-corrected chi connectivity index (χ3v) is 18.4. The van der Waals surface area contributed by atoms with Crippen LogP contribution in [0.4, 0.5) is 10.1 Å². The maximum Gasteiger partial charge on any atom is 0.250 e. The van der Waals surface area contributed by atoms with E-state index in [1.807, 2.05) is 19.9 Å². The zero-order valence-corrected chi connectivity index (χ0v) is 29.8. The molecule has 2 aromatic carbocycles. The molecule has 3 rings (SSSR count). The molecule has 0 saturated carbocycles. The van der Waals surface area contributed by atoms with E-state index in [2.05, 4.69) is 82.8 Å². The first-order chi connectivity index (χ1) is 19.2. The molecule has 3 aromatic rings. The van der Waals surface area contributed by atoms with E-state index in [4.69, 9.17) is 31.4 Å². The van der Waals surface area contributed by atoms with Crippen LogP contribution in [0.5, 0.6) is 5.75 Å². The van der Waals surface area contributed by atoms with Gasteiger partial charge in [-0.25, -0.2) is 9.24 Å². The van der Waals surface area contributed by atoms with Crippen molar-refractivity contribution in [3.63, 3.8) is 0 Å². The Balaban J connectivity index is 2.03. The number of nitrogens with zero attached hydrogens (tertiary/aromatic N) is 3. The van der Waals surface area contributed by atoms with Crippen LogP contribution < -0.4 is 4.43 Å². The van der Waals surface area contributed by atoms with Crippen molar-refractivity contribution >= 4 is 33.9 Å². The summed E-state index contributed by atoms with van der Waals surface area (Å²) in [7, 11) is -4.42. The van der Waals surface area contributed by atoms with Crippen LogP contribution in [0.25, 0.3) is 16.3 Å². The van der Waals surface area contributed by atoms with Crippen molar-refractivity contribution < 1.29 is 17.7 Å². The average Bonchev–Trinajstić information content (AvgIpc) is 3.34. The Morgan fingerprint density at radius 2 is 1.62 bits per heavy atom. The van der Waals surface area contributed by atoms with Crippen LogP contribution in [0.15, 0.2) is 34.7 Å². The lowest BCUT2D eigenvalue weighted by molar-refractivity contribution is 0.154. The first-order valence-electron chi connectivity index (χ1n) is 14.3. The maximum absolute atomic E-state index is 14.9. The molecule has 0 aliphatic carbocycles. The molecule has 42 heavy (non-hydrogen) atoms. The molecule has 1 aromatic heterocycles. The Morgan fingerprint density at radius 3 is 2.19 bits per heavy atom. The van der Waals surface area contributed by atoms with Crippen LogP contribution in [0.1, 0.15) is 71.4 Å². The van der Waals surface area contributed by atoms with Crippen molar-refractivity contribution in [3.8, 4) is 17.2 Å². The van der Waals surface area contributed by atoms with Crippen LogP contribution in [-0.2, 0) is 10.8 Å². The molecule has 0 radical (unpaired) electrons. The van der Waals surface area contributed by atoms with Crippen molar-refractivity contribution in [2.75, 3.05) is 0 Å². The van der Waals surface area contributed by atoms with Gasteiger partial charge in [-0.05, 0) is 85.9 Å². The fourth-order valence-corrected chi connectivity index (χ4v) is 6.76. The molecule has 0 spiro atoms. The fourth-order valence-electron chi connectivity index (χ4n) is 4.08. The van der Waals surface area contributed by atoms with E-state index in [0.29, 0.717) is 28.6 Å². The molecule has 10 heteroatoms. The molecular formula is C32H45ClFN3O3Si2. The number of aromatic nitrogens is 2. The van der Waals surface area contributed by atoms with Gasteiger partial charge >= 0.3 is 0 Å².